The minimum absolute atomic E-state index is 0.0114. The molecule has 14 heavy (non-hydrogen) atoms. The molecule has 0 amide bonds. The van der Waals surface area contributed by atoms with Crippen LogP contribution >= 0.6 is 0 Å². The molecule has 0 aromatic heterocycles. The molecule has 0 heterocycles. The van der Waals surface area contributed by atoms with Crippen molar-refractivity contribution in [2.75, 3.05) is 0 Å². The maximum absolute atomic E-state index is 10.6. The largest absolute Gasteiger partial charge is 0.290 e. The standard InChI is InChI=1S/C10H10NO3/c1-2-8(7-12)9-5-3-4-6-10(9)11(13)14/h3-6,8H,2H2,1H3. The summed E-state index contributed by atoms with van der Waals surface area (Å²) >= 11 is 0. The van der Waals surface area contributed by atoms with Crippen LogP contribution in [0.1, 0.15) is 24.8 Å². The van der Waals surface area contributed by atoms with Gasteiger partial charge in [0.2, 0.25) is 6.29 Å². The van der Waals surface area contributed by atoms with Crippen LogP contribution in [0.2, 0.25) is 0 Å². The number of nitrogens with zero attached hydrogens (tertiary/aromatic N) is 1. The number of hydrogen-bond acceptors (Lipinski definition) is 3. The molecule has 0 saturated heterocycles. The molecule has 4 nitrogen and oxygen atoms in total. The van der Waals surface area contributed by atoms with E-state index in [1.165, 1.54) is 6.07 Å². The van der Waals surface area contributed by atoms with Crippen molar-refractivity contribution in [3.63, 3.8) is 0 Å². The Hall–Kier alpha value is -1.71. The fraction of sp³-hybridized carbons (Fsp3) is 0.300. The van der Waals surface area contributed by atoms with Gasteiger partial charge in [-0.3, -0.25) is 14.9 Å². The first-order chi connectivity index (χ1) is 6.70. The molecule has 1 radical (unpaired) electrons. The summed E-state index contributed by atoms with van der Waals surface area (Å²) in [4.78, 5) is 20.7. The van der Waals surface area contributed by atoms with Crippen LogP contribution in [0.25, 0.3) is 0 Å². The zero-order chi connectivity index (χ0) is 10.6. The molecule has 1 aromatic rings. The summed E-state index contributed by atoms with van der Waals surface area (Å²) in [5, 5.41) is 10.6. The number of hydrogen-bond donors (Lipinski definition) is 0. The van der Waals surface area contributed by atoms with Gasteiger partial charge in [0.15, 0.2) is 0 Å². The number of nitro benzene ring substituents is 1. The third-order valence-corrected chi connectivity index (χ3v) is 2.06. The highest BCUT2D eigenvalue weighted by Gasteiger charge is 2.19. The summed E-state index contributed by atoms with van der Waals surface area (Å²) in [6.07, 6.45) is 2.33. The molecule has 0 aliphatic heterocycles. The quantitative estimate of drug-likeness (QED) is 0.542. The van der Waals surface area contributed by atoms with Crippen molar-refractivity contribution in [2.24, 2.45) is 0 Å². The average molecular weight is 192 g/mol. The zero-order valence-corrected chi connectivity index (χ0v) is 7.77. The topological polar surface area (TPSA) is 60.2 Å². The summed E-state index contributed by atoms with van der Waals surface area (Å²) in [6.45, 7) is 1.80. The van der Waals surface area contributed by atoms with E-state index in [1.54, 1.807) is 25.1 Å². The molecule has 0 aliphatic rings. The van der Waals surface area contributed by atoms with Gasteiger partial charge in [-0.05, 0) is 6.42 Å². The lowest BCUT2D eigenvalue weighted by Gasteiger charge is -2.06. The molecule has 1 atom stereocenters. The van der Waals surface area contributed by atoms with Gasteiger partial charge in [0, 0.05) is 11.6 Å². The van der Waals surface area contributed by atoms with Crippen molar-refractivity contribution in [2.45, 2.75) is 19.3 Å². The van der Waals surface area contributed by atoms with Gasteiger partial charge in [0.25, 0.3) is 5.69 Å². The van der Waals surface area contributed by atoms with Crippen LogP contribution in [0.5, 0.6) is 0 Å². The van der Waals surface area contributed by atoms with Crippen LogP contribution in [0.15, 0.2) is 24.3 Å². The van der Waals surface area contributed by atoms with Crippen molar-refractivity contribution < 1.29 is 9.72 Å². The van der Waals surface area contributed by atoms with Crippen LogP contribution in [0.4, 0.5) is 5.69 Å². The molecule has 0 fully saturated rings. The minimum Gasteiger partial charge on any atom is -0.290 e. The fourth-order valence-corrected chi connectivity index (χ4v) is 1.32. The lowest BCUT2D eigenvalue weighted by Crippen LogP contribution is -2.02. The Balaban J connectivity index is 3.18. The molecule has 0 spiro atoms. The van der Waals surface area contributed by atoms with E-state index in [9.17, 15) is 14.9 Å². The first-order valence-corrected chi connectivity index (χ1v) is 4.31. The molecule has 0 N–H and O–H groups in total. The Morgan fingerprint density at radius 1 is 1.50 bits per heavy atom. The normalized spacial score (nSPS) is 12.1. The van der Waals surface area contributed by atoms with E-state index in [1.807, 2.05) is 6.29 Å². The maximum Gasteiger partial charge on any atom is 0.273 e. The second-order valence-electron chi connectivity index (χ2n) is 2.89. The second-order valence-corrected chi connectivity index (χ2v) is 2.89. The highest BCUT2D eigenvalue weighted by molar-refractivity contribution is 5.66. The van der Waals surface area contributed by atoms with Crippen LogP contribution in [-0.4, -0.2) is 11.2 Å². The van der Waals surface area contributed by atoms with Crippen molar-refractivity contribution in [1.82, 2.24) is 0 Å². The van der Waals surface area contributed by atoms with Gasteiger partial charge in [-0.25, -0.2) is 0 Å². The van der Waals surface area contributed by atoms with Gasteiger partial charge in [-0.1, -0.05) is 25.1 Å². The second kappa shape index (κ2) is 4.50. The fourth-order valence-electron chi connectivity index (χ4n) is 1.32. The molecule has 0 aliphatic carbocycles. The van der Waals surface area contributed by atoms with Crippen molar-refractivity contribution in [3.8, 4) is 0 Å². The summed E-state index contributed by atoms with van der Waals surface area (Å²) < 4.78 is 0. The van der Waals surface area contributed by atoms with E-state index >= 15 is 0 Å². The van der Waals surface area contributed by atoms with Crippen molar-refractivity contribution >= 4 is 12.0 Å². The van der Waals surface area contributed by atoms with Gasteiger partial charge in [0.05, 0.1) is 10.8 Å². The molecule has 73 valence electrons. The van der Waals surface area contributed by atoms with Gasteiger partial charge in [0.1, 0.15) is 0 Å². The molecule has 0 bridgehead atoms. The number of para-hydroxylation sites is 1. The molecule has 1 aromatic carbocycles. The lowest BCUT2D eigenvalue weighted by molar-refractivity contribution is -0.385. The van der Waals surface area contributed by atoms with Gasteiger partial charge >= 0.3 is 0 Å². The third-order valence-electron chi connectivity index (χ3n) is 2.06. The van der Waals surface area contributed by atoms with Crippen LogP contribution in [0.3, 0.4) is 0 Å². The summed E-state index contributed by atoms with van der Waals surface area (Å²) in [6, 6.07) is 6.26. The van der Waals surface area contributed by atoms with E-state index in [4.69, 9.17) is 0 Å². The van der Waals surface area contributed by atoms with Crippen LogP contribution in [-0.2, 0) is 4.79 Å². The monoisotopic (exact) mass is 192 g/mol. The first-order valence-electron chi connectivity index (χ1n) is 4.31. The molecular weight excluding hydrogens is 182 g/mol. The smallest absolute Gasteiger partial charge is 0.273 e. The van der Waals surface area contributed by atoms with Crippen LogP contribution < -0.4 is 0 Å². The lowest BCUT2D eigenvalue weighted by atomic mass is 9.96. The van der Waals surface area contributed by atoms with Crippen molar-refractivity contribution in [3.05, 3.63) is 39.9 Å². The van der Waals surface area contributed by atoms with E-state index < -0.39 is 10.8 Å². The van der Waals surface area contributed by atoms with E-state index in [-0.39, 0.29) is 5.69 Å². The maximum atomic E-state index is 10.6. The molecule has 1 rings (SSSR count). The number of benzene rings is 1. The highest BCUT2D eigenvalue weighted by atomic mass is 16.6. The highest BCUT2D eigenvalue weighted by Crippen LogP contribution is 2.26. The average Bonchev–Trinajstić information content (AvgIpc) is 2.20. The van der Waals surface area contributed by atoms with Crippen LogP contribution in [0, 0.1) is 10.1 Å². The van der Waals surface area contributed by atoms with Crippen molar-refractivity contribution in [1.29, 1.82) is 0 Å². The Morgan fingerprint density at radius 3 is 2.64 bits per heavy atom. The SMILES string of the molecule is CCC([C]=O)c1ccccc1[N+](=O)[O-]. The molecule has 4 heteroatoms. The minimum atomic E-state index is -0.503. The van der Waals surface area contributed by atoms with E-state index in [0.717, 1.165) is 0 Å². The molecular formula is C10H10NO3. The Labute approximate surface area is 81.7 Å². The summed E-state index contributed by atoms with van der Waals surface area (Å²) in [5.74, 6) is -0.503. The Morgan fingerprint density at radius 2 is 2.14 bits per heavy atom. The van der Waals surface area contributed by atoms with E-state index in [0.29, 0.717) is 12.0 Å². The number of rotatable bonds is 4. The summed E-state index contributed by atoms with van der Waals surface area (Å²) in [5.41, 5.74) is 0.428. The number of carbonyl (C=O) groups excluding carboxylic acids is 1. The predicted octanol–water partition coefficient (Wildman–Crippen LogP) is 2.20. The Bertz CT molecular complexity index is 349. The van der Waals surface area contributed by atoms with E-state index in [2.05, 4.69) is 0 Å². The van der Waals surface area contributed by atoms with Gasteiger partial charge in [-0.2, -0.15) is 0 Å². The van der Waals surface area contributed by atoms with Gasteiger partial charge < -0.3 is 0 Å². The summed E-state index contributed by atoms with van der Waals surface area (Å²) in [7, 11) is 0. The third kappa shape index (κ3) is 1.96. The molecule has 0 saturated carbocycles. The number of nitro groups is 1. The Kier molecular flexibility index (Phi) is 3.34. The molecule has 1 unspecified atom stereocenters. The first kappa shape index (κ1) is 10.4. The van der Waals surface area contributed by atoms with Gasteiger partial charge in [-0.15, -0.1) is 0 Å². The predicted molar refractivity (Wildman–Crippen MR) is 51.8 cm³/mol. The zero-order valence-electron chi connectivity index (χ0n) is 7.77.